The summed E-state index contributed by atoms with van der Waals surface area (Å²) in [7, 11) is 0. The molecule has 0 bridgehead atoms. The van der Waals surface area contributed by atoms with Gasteiger partial charge in [-0.15, -0.1) is 0 Å². The van der Waals surface area contributed by atoms with Gasteiger partial charge >= 0.3 is 0 Å². The van der Waals surface area contributed by atoms with Gasteiger partial charge in [-0.1, -0.05) is 59.7 Å². The Hall–Kier alpha value is -1.83. The summed E-state index contributed by atoms with van der Waals surface area (Å²) in [5, 5.41) is 2.90. The topological polar surface area (TPSA) is 8.29 Å². The van der Waals surface area contributed by atoms with E-state index < -0.39 is 0 Å². The van der Waals surface area contributed by atoms with Gasteiger partial charge in [-0.05, 0) is 36.1 Å². The smallest absolute Gasteiger partial charge is 0.221 e. The summed E-state index contributed by atoms with van der Waals surface area (Å²) in [6.07, 6.45) is 4.67. The van der Waals surface area contributed by atoms with Gasteiger partial charge in [0.2, 0.25) is 0 Å². The van der Waals surface area contributed by atoms with Crippen molar-refractivity contribution < 1.29 is 4.57 Å². The minimum Gasteiger partial charge on any atom is -0.221 e. The van der Waals surface area contributed by atoms with E-state index in [1.54, 1.807) is 0 Å². The Bertz CT molecular complexity index is 1080. The molecule has 2 unspecified atom stereocenters. The summed E-state index contributed by atoms with van der Waals surface area (Å²) in [5.74, 6) is 0. The molecule has 1 aliphatic heterocycles. The fourth-order valence-corrected chi connectivity index (χ4v) is 5.69. The minimum atomic E-state index is 0.0654. The molecule has 0 amide bonds. The molecule has 0 N–H and O–H groups in total. The first-order valence-corrected chi connectivity index (χ1v) is 10.5. The Morgan fingerprint density at radius 2 is 1.70 bits per heavy atom. The van der Waals surface area contributed by atoms with Crippen LogP contribution in [0.25, 0.3) is 16.4 Å². The standard InChI is InChI=1S/C25H35N2/c1-10-24(8)19-14-12-13-18-20(23(5,6)7)15-26-16(3)17(4)27(22(26)21(18)19)25(24,9)11-2/h12-15H,10-11H2,1-9H3/q+1. The molecule has 3 heterocycles. The Morgan fingerprint density at radius 3 is 2.26 bits per heavy atom. The second kappa shape index (κ2) is 5.37. The van der Waals surface area contributed by atoms with E-state index in [1.165, 1.54) is 38.9 Å². The normalized spacial score (nSPS) is 25.1. The molecule has 0 fully saturated rings. The fraction of sp³-hybridized carbons (Fsp3) is 0.560. The van der Waals surface area contributed by atoms with Crippen LogP contribution in [0.5, 0.6) is 0 Å². The van der Waals surface area contributed by atoms with Crippen molar-refractivity contribution >= 4 is 16.4 Å². The number of hydrogen-bond donors (Lipinski definition) is 0. The number of aryl methyl sites for hydroxylation is 1. The highest BCUT2D eigenvalue weighted by Crippen LogP contribution is 2.50. The Balaban J connectivity index is 2.38. The number of nitrogens with zero attached hydrogens (tertiary/aromatic N) is 2. The van der Waals surface area contributed by atoms with Crippen LogP contribution in [0.2, 0.25) is 0 Å². The lowest BCUT2D eigenvalue weighted by molar-refractivity contribution is -0.755. The third-order valence-electron chi connectivity index (χ3n) is 7.98. The number of hydrogen-bond acceptors (Lipinski definition) is 0. The number of pyridine rings is 1. The quantitative estimate of drug-likeness (QED) is 0.486. The molecule has 2 heteroatoms. The highest BCUT2D eigenvalue weighted by Gasteiger charge is 2.55. The van der Waals surface area contributed by atoms with Crippen LogP contribution in [0.3, 0.4) is 0 Å². The van der Waals surface area contributed by atoms with Crippen LogP contribution in [0.1, 0.15) is 83.8 Å². The molecular formula is C25H35N2+. The lowest BCUT2D eigenvalue weighted by Crippen LogP contribution is -2.67. The van der Waals surface area contributed by atoms with Gasteiger partial charge in [-0.25, -0.2) is 4.57 Å². The predicted octanol–water partition coefficient (Wildman–Crippen LogP) is 6.10. The SMILES string of the molecule is CCC1(C)c2cccc3c(C(C)(C)C)cn4c(C)c(C)[n+](c4c23)C1(C)CC. The van der Waals surface area contributed by atoms with Gasteiger partial charge in [0.15, 0.2) is 0 Å². The lowest BCUT2D eigenvalue weighted by Gasteiger charge is -2.47. The van der Waals surface area contributed by atoms with E-state index in [2.05, 4.69) is 95.7 Å². The van der Waals surface area contributed by atoms with Crippen molar-refractivity contribution in [2.45, 2.75) is 91.5 Å². The molecule has 2 atom stereocenters. The van der Waals surface area contributed by atoms with Crippen molar-refractivity contribution in [2.75, 3.05) is 0 Å². The van der Waals surface area contributed by atoms with Crippen molar-refractivity contribution in [2.24, 2.45) is 0 Å². The molecule has 3 aromatic rings. The molecule has 0 saturated heterocycles. The molecule has 144 valence electrons. The lowest BCUT2D eigenvalue weighted by atomic mass is 9.61. The summed E-state index contributed by atoms with van der Waals surface area (Å²) in [6, 6.07) is 7.02. The zero-order valence-electron chi connectivity index (χ0n) is 18.6. The molecule has 2 nitrogen and oxygen atoms in total. The number of benzene rings is 1. The van der Waals surface area contributed by atoms with Crippen molar-refractivity contribution in [1.29, 1.82) is 0 Å². The van der Waals surface area contributed by atoms with Crippen LogP contribution in [0.4, 0.5) is 0 Å². The summed E-state index contributed by atoms with van der Waals surface area (Å²) in [4.78, 5) is 0. The van der Waals surface area contributed by atoms with Gasteiger partial charge in [0, 0.05) is 24.8 Å². The van der Waals surface area contributed by atoms with Crippen molar-refractivity contribution in [1.82, 2.24) is 4.40 Å². The largest absolute Gasteiger partial charge is 0.295 e. The van der Waals surface area contributed by atoms with Crippen molar-refractivity contribution in [3.05, 3.63) is 46.9 Å². The third-order valence-corrected chi connectivity index (χ3v) is 7.98. The summed E-state index contributed by atoms with van der Waals surface area (Å²) < 4.78 is 5.15. The molecule has 0 radical (unpaired) electrons. The van der Waals surface area contributed by atoms with Gasteiger partial charge < -0.3 is 0 Å². The molecule has 1 aromatic carbocycles. The zero-order valence-corrected chi connectivity index (χ0v) is 18.6. The van der Waals surface area contributed by atoms with Gasteiger partial charge in [-0.2, -0.15) is 4.40 Å². The molecule has 1 aliphatic rings. The maximum absolute atomic E-state index is 2.67. The van der Waals surface area contributed by atoms with E-state index in [1.807, 2.05) is 0 Å². The fourth-order valence-electron chi connectivity index (χ4n) is 5.69. The maximum atomic E-state index is 2.67. The predicted molar refractivity (Wildman–Crippen MR) is 115 cm³/mol. The molecular weight excluding hydrogens is 328 g/mol. The van der Waals surface area contributed by atoms with E-state index in [4.69, 9.17) is 0 Å². The molecule has 0 spiro atoms. The van der Waals surface area contributed by atoms with Crippen LogP contribution in [-0.2, 0) is 16.4 Å². The molecule has 0 aliphatic carbocycles. The second-order valence-corrected chi connectivity index (χ2v) is 10.0. The molecule has 2 aromatic heterocycles. The molecule has 0 saturated carbocycles. The Labute approximate surface area is 164 Å². The van der Waals surface area contributed by atoms with E-state index >= 15 is 0 Å². The van der Waals surface area contributed by atoms with Crippen molar-refractivity contribution in [3.8, 4) is 0 Å². The third kappa shape index (κ3) is 1.99. The van der Waals surface area contributed by atoms with Crippen LogP contribution in [0, 0.1) is 13.8 Å². The Morgan fingerprint density at radius 1 is 1.04 bits per heavy atom. The average molecular weight is 364 g/mol. The number of rotatable bonds is 2. The molecule has 4 rings (SSSR count). The van der Waals surface area contributed by atoms with E-state index in [0.717, 1.165) is 12.8 Å². The number of imidazole rings is 1. The summed E-state index contributed by atoms with van der Waals surface area (Å²) >= 11 is 0. The monoisotopic (exact) mass is 363 g/mol. The zero-order chi connectivity index (χ0) is 19.9. The molecule has 27 heavy (non-hydrogen) atoms. The van der Waals surface area contributed by atoms with Gasteiger partial charge in [0.05, 0.1) is 5.39 Å². The first-order valence-electron chi connectivity index (χ1n) is 10.5. The second-order valence-electron chi connectivity index (χ2n) is 10.0. The van der Waals surface area contributed by atoms with Gasteiger partial charge in [0.1, 0.15) is 23.1 Å². The first kappa shape index (κ1) is 18.5. The summed E-state index contributed by atoms with van der Waals surface area (Å²) in [5.41, 5.74) is 7.41. The van der Waals surface area contributed by atoms with Crippen LogP contribution in [0.15, 0.2) is 24.4 Å². The van der Waals surface area contributed by atoms with E-state index in [0.29, 0.717) is 0 Å². The van der Waals surface area contributed by atoms with E-state index in [-0.39, 0.29) is 16.4 Å². The Kier molecular flexibility index (Phi) is 3.68. The maximum Gasteiger partial charge on any atom is 0.295 e. The van der Waals surface area contributed by atoms with Crippen LogP contribution in [-0.4, -0.2) is 4.40 Å². The number of aromatic nitrogens is 2. The van der Waals surface area contributed by atoms with Crippen molar-refractivity contribution in [3.63, 3.8) is 0 Å². The minimum absolute atomic E-state index is 0.0654. The highest BCUT2D eigenvalue weighted by atomic mass is 15.2. The first-order chi connectivity index (χ1) is 12.5. The average Bonchev–Trinajstić information content (AvgIpc) is 2.89. The summed E-state index contributed by atoms with van der Waals surface area (Å²) in [6.45, 7) is 21.3. The highest BCUT2D eigenvalue weighted by molar-refractivity contribution is 5.99. The van der Waals surface area contributed by atoms with Crippen LogP contribution >= 0.6 is 0 Å². The van der Waals surface area contributed by atoms with E-state index in [9.17, 15) is 0 Å². The van der Waals surface area contributed by atoms with Crippen LogP contribution < -0.4 is 4.57 Å². The van der Waals surface area contributed by atoms with Gasteiger partial charge in [-0.3, -0.25) is 0 Å². The van der Waals surface area contributed by atoms with Gasteiger partial charge in [0.25, 0.3) is 5.65 Å².